The third-order valence-corrected chi connectivity index (χ3v) is 11.8. The summed E-state index contributed by atoms with van der Waals surface area (Å²) in [6, 6.07) is 0. The van der Waals surface area contributed by atoms with Gasteiger partial charge >= 0.3 is 0 Å². The molecule has 2 aliphatic carbocycles. The Balaban J connectivity index is 1.64. The second-order valence-electron chi connectivity index (χ2n) is 9.00. The molecular formula is C18H27OP. The third-order valence-electron chi connectivity index (χ3n) is 8.79. The van der Waals surface area contributed by atoms with E-state index in [-0.39, 0.29) is 13.7 Å². The van der Waals surface area contributed by atoms with Crippen LogP contribution in [0.1, 0.15) is 60.3 Å². The summed E-state index contributed by atoms with van der Waals surface area (Å²) < 4.78 is 7.03. The zero-order valence-corrected chi connectivity index (χ0v) is 14.4. The highest BCUT2D eigenvalue weighted by Crippen LogP contribution is 2.85. The minimum absolute atomic E-state index is 0.178. The van der Waals surface area contributed by atoms with Crippen molar-refractivity contribution < 1.29 is 4.52 Å². The first-order valence-electron chi connectivity index (χ1n) is 8.48. The Kier molecular flexibility index (Phi) is 2.04. The van der Waals surface area contributed by atoms with Crippen molar-refractivity contribution in [3.8, 4) is 0 Å². The molecule has 2 saturated carbocycles. The molecule has 6 bridgehead atoms. The van der Waals surface area contributed by atoms with E-state index in [4.69, 9.17) is 4.52 Å². The van der Waals surface area contributed by atoms with Gasteiger partial charge in [-0.15, -0.1) is 0 Å². The highest BCUT2D eigenvalue weighted by molar-refractivity contribution is 7.56. The van der Waals surface area contributed by atoms with Gasteiger partial charge in [-0.05, 0) is 50.9 Å². The lowest BCUT2D eigenvalue weighted by Gasteiger charge is -2.52. The molecule has 5 aliphatic rings. The molecule has 3 heterocycles. The van der Waals surface area contributed by atoms with Crippen molar-refractivity contribution in [2.45, 2.75) is 77.2 Å². The maximum Gasteiger partial charge on any atom is 0.0825 e. The fourth-order valence-corrected chi connectivity index (χ4v) is 10.8. The average molecular weight is 290 g/mol. The molecule has 5 rings (SSSR count). The molecule has 1 spiro atoms. The minimum atomic E-state index is -0.178. The molecule has 0 aromatic rings. The molecule has 3 aliphatic heterocycles. The van der Waals surface area contributed by atoms with Gasteiger partial charge < -0.3 is 4.52 Å². The Bertz CT molecular complexity index is 550. The van der Waals surface area contributed by atoms with E-state index in [1.165, 1.54) is 25.7 Å². The van der Waals surface area contributed by atoms with Crippen LogP contribution in [0.15, 0.2) is 11.1 Å². The second-order valence-corrected chi connectivity index (χ2v) is 11.1. The van der Waals surface area contributed by atoms with Crippen LogP contribution < -0.4 is 0 Å². The van der Waals surface area contributed by atoms with Gasteiger partial charge in [-0.3, -0.25) is 0 Å². The van der Waals surface area contributed by atoms with Crippen molar-refractivity contribution in [1.29, 1.82) is 0 Å². The minimum Gasteiger partial charge on any atom is -0.351 e. The van der Waals surface area contributed by atoms with E-state index in [1.807, 2.05) is 0 Å². The number of hydrogen-bond donors (Lipinski definition) is 0. The van der Waals surface area contributed by atoms with E-state index in [2.05, 4.69) is 34.6 Å². The SMILES string of the molecule is CC1=C(C)[C@H]2[C@@H]3C[C@@H]1[P@@]2O[C@@]31C[C@H]2CC[C@]1(C)C2(C)C. The lowest BCUT2D eigenvalue weighted by molar-refractivity contribution is -0.0931. The zero-order chi connectivity index (χ0) is 14.1. The maximum absolute atomic E-state index is 7.03. The van der Waals surface area contributed by atoms with Gasteiger partial charge in [0.2, 0.25) is 0 Å². The van der Waals surface area contributed by atoms with Crippen molar-refractivity contribution in [2.75, 3.05) is 0 Å². The van der Waals surface area contributed by atoms with Crippen molar-refractivity contribution in [2.24, 2.45) is 22.7 Å². The summed E-state index contributed by atoms with van der Waals surface area (Å²) in [5.74, 6) is 1.77. The molecule has 2 saturated heterocycles. The van der Waals surface area contributed by atoms with E-state index in [0.29, 0.717) is 10.8 Å². The molecule has 0 aromatic carbocycles. The fourth-order valence-electron chi connectivity index (χ4n) is 7.02. The molecular weight excluding hydrogens is 263 g/mol. The van der Waals surface area contributed by atoms with Gasteiger partial charge in [0.25, 0.3) is 0 Å². The van der Waals surface area contributed by atoms with Crippen LogP contribution in [0.4, 0.5) is 0 Å². The topological polar surface area (TPSA) is 9.23 Å². The van der Waals surface area contributed by atoms with Crippen LogP contribution in [0, 0.1) is 22.7 Å². The van der Waals surface area contributed by atoms with Gasteiger partial charge in [0.1, 0.15) is 0 Å². The number of rotatable bonds is 0. The molecule has 7 atom stereocenters. The molecule has 1 nitrogen and oxygen atoms in total. The Morgan fingerprint density at radius 3 is 2.45 bits per heavy atom. The van der Waals surface area contributed by atoms with Crippen LogP contribution in [-0.2, 0) is 4.52 Å². The average Bonchev–Trinajstić information content (AvgIpc) is 3.07. The Morgan fingerprint density at radius 1 is 1.15 bits per heavy atom. The summed E-state index contributed by atoms with van der Waals surface area (Å²) in [4.78, 5) is 0. The first-order valence-corrected chi connectivity index (χ1v) is 9.88. The van der Waals surface area contributed by atoms with Crippen molar-refractivity contribution in [3.05, 3.63) is 11.1 Å². The fraction of sp³-hybridized carbons (Fsp3) is 0.889. The van der Waals surface area contributed by atoms with Crippen LogP contribution in [0.5, 0.6) is 0 Å². The highest BCUT2D eigenvalue weighted by atomic mass is 31.1. The van der Waals surface area contributed by atoms with Crippen LogP contribution in [-0.4, -0.2) is 16.9 Å². The van der Waals surface area contributed by atoms with Gasteiger partial charge in [0, 0.05) is 30.8 Å². The van der Waals surface area contributed by atoms with Gasteiger partial charge in [-0.2, -0.15) is 0 Å². The molecule has 4 fully saturated rings. The summed E-state index contributed by atoms with van der Waals surface area (Å²) >= 11 is 0. The van der Waals surface area contributed by atoms with Gasteiger partial charge in [-0.1, -0.05) is 31.9 Å². The third kappa shape index (κ3) is 0.968. The first-order chi connectivity index (χ1) is 9.33. The number of allylic oxidation sites excluding steroid dienone is 2. The molecule has 0 amide bonds. The van der Waals surface area contributed by atoms with Gasteiger partial charge in [0.15, 0.2) is 0 Å². The number of hydrogen-bond acceptors (Lipinski definition) is 1. The normalized spacial score (nSPS) is 61.4. The lowest BCUT2D eigenvalue weighted by atomic mass is 9.58. The van der Waals surface area contributed by atoms with Crippen LogP contribution >= 0.6 is 8.15 Å². The summed E-state index contributed by atoms with van der Waals surface area (Å²) in [5, 5.41) is 0. The molecule has 0 aromatic heterocycles. The molecule has 0 unspecified atom stereocenters. The molecule has 110 valence electrons. The van der Waals surface area contributed by atoms with Crippen molar-refractivity contribution in [3.63, 3.8) is 0 Å². The zero-order valence-electron chi connectivity index (χ0n) is 13.5. The van der Waals surface area contributed by atoms with Crippen LogP contribution in [0.2, 0.25) is 0 Å². The summed E-state index contributed by atoms with van der Waals surface area (Å²) in [7, 11) is -0.178. The predicted octanol–water partition coefficient (Wildman–Crippen LogP) is 5.11. The van der Waals surface area contributed by atoms with E-state index in [0.717, 1.165) is 23.2 Å². The van der Waals surface area contributed by atoms with Crippen molar-refractivity contribution in [1.82, 2.24) is 0 Å². The molecule has 2 heteroatoms. The smallest absolute Gasteiger partial charge is 0.0825 e. The maximum atomic E-state index is 7.03. The summed E-state index contributed by atoms with van der Waals surface area (Å²) in [6.07, 6.45) is 5.68. The Morgan fingerprint density at radius 2 is 1.90 bits per heavy atom. The van der Waals surface area contributed by atoms with E-state index >= 15 is 0 Å². The molecule has 0 N–H and O–H groups in total. The van der Waals surface area contributed by atoms with E-state index < -0.39 is 0 Å². The monoisotopic (exact) mass is 290 g/mol. The molecule has 0 radical (unpaired) electrons. The van der Waals surface area contributed by atoms with Gasteiger partial charge in [0.05, 0.1) is 5.60 Å². The summed E-state index contributed by atoms with van der Waals surface area (Å²) in [6.45, 7) is 12.4. The van der Waals surface area contributed by atoms with Gasteiger partial charge in [-0.25, -0.2) is 0 Å². The van der Waals surface area contributed by atoms with E-state index in [1.54, 1.807) is 11.1 Å². The Labute approximate surface area is 124 Å². The van der Waals surface area contributed by atoms with Crippen molar-refractivity contribution >= 4 is 8.15 Å². The second kappa shape index (κ2) is 3.23. The largest absolute Gasteiger partial charge is 0.351 e. The highest BCUT2D eigenvalue weighted by Gasteiger charge is 2.78. The quantitative estimate of drug-likeness (QED) is 0.445. The van der Waals surface area contributed by atoms with E-state index in [9.17, 15) is 0 Å². The van der Waals surface area contributed by atoms with Crippen LogP contribution in [0.25, 0.3) is 0 Å². The predicted molar refractivity (Wildman–Crippen MR) is 84.0 cm³/mol. The summed E-state index contributed by atoms with van der Waals surface area (Å²) in [5.41, 5.74) is 6.26. The standard InChI is InChI=1S/C18H27OP/c1-10-11(2)15-13-8-14(10)20(15)19-18(13)9-12-6-7-17(18,5)16(12,3)4/h12-15H,6-9H2,1-5H3/t12-,13+,14+,15+,17-,18+,20-/m1/s1. The Hall–Kier alpha value is 0.130. The molecule has 20 heavy (non-hydrogen) atoms. The van der Waals surface area contributed by atoms with Crippen LogP contribution in [0.3, 0.4) is 0 Å². The number of fused-ring (bicyclic) bond motifs is 4. The first kappa shape index (κ1) is 12.7. The lowest BCUT2D eigenvalue weighted by Crippen LogP contribution is -2.54.